The fraction of sp³-hybridized carbons (Fsp3) is 0.727. The summed E-state index contributed by atoms with van der Waals surface area (Å²) in [4.78, 5) is 10.5. The molecule has 166 valence electrons. The van der Waals surface area contributed by atoms with Gasteiger partial charge in [-0.15, -0.1) is 0 Å². The van der Waals surface area contributed by atoms with Crippen LogP contribution in [0.2, 0.25) is 0 Å². The highest BCUT2D eigenvalue weighted by Gasteiger charge is 2.30. The Kier molecular flexibility index (Phi) is 12.8. The second-order valence-corrected chi connectivity index (χ2v) is 9.57. The van der Waals surface area contributed by atoms with Crippen molar-refractivity contribution in [3.63, 3.8) is 0 Å². The van der Waals surface area contributed by atoms with Crippen LogP contribution in [0.3, 0.4) is 0 Å². The summed E-state index contributed by atoms with van der Waals surface area (Å²) in [7, 11) is -3.88. The lowest BCUT2D eigenvalue weighted by atomic mass is 10.1. The van der Waals surface area contributed by atoms with Gasteiger partial charge in [0, 0.05) is 19.2 Å². The maximum absolute atomic E-state index is 13.2. The van der Waals surface area contributed by atoms with Gasteiger partial charge in [0.25, 0.3) is 5.69 Å². The van der Waals surface area contributed by atoms with Gasteiger partial charge < -0.3 is 0 Å². The second kappa shape index (κ2) is 14.5. The van der Waals surface area contributed by atoms with Gasteiger partial charge in [0.15, 0.2) is 4.90 Å². The highest BCUT2D eigenvalue weighted by atomic mass is 32.2. The fourth-order valence-electron chi connectivity index (χ4n) is 3.45. The number of para-hydroxylation sites is 1. The summed E-state index contributed by atoms with van der Waals surface area (Å²) >= 11 is 0. The summed E-state index contributed by atoms with van der Waals surface area (Å²) in [6, 6.07) is 5.67. The first-order valence-electron chi connectivity index (χ1n) is 11.2. The average Bonchev–Trinajstić information content (AvgIpc) is 2.71. The minimum absolute atomic E-state index is 0.193. The van der Waals surface area contributed by atoms with Crippen LogP contribution < -0.4 is 0 Å². The van der Waals surface area contributed by atoms with Crippen LogP contribution in [0.15, 0.2) is 29.2 Å². The summed E-state index contributed by atoms with van der Waals surface area (Å²) in [5, 5.41) is 11.3. The summed E-state index contributed by atoms with van der Waals surface area (Å²) < 4.78 is 27.9. The molecule has 0 bridgehead atoms. The zero-order chi connectivity index (χ0) is 21.5. The minimum atomic E-state index is -3.88. The molecule has 1 aromatic carbocycles. The SMILES string of the molecule is CCCCCCCCN(CCCCCCCC)S(=O)(=O)c1ccccc1[N+](=O)[O-]. The molecule has 0 saturated carbocycles. The summed E-state index contributed by atoms with van der Waals surface area (Å²) in [6.45, 7) is 5.19. The predicted molar refractivity (Wildman–Crippen MR) is 119 cm³/mol. The van der Waals surface area contributed by atoms with Crippen LogP contribution in [0.25, 0.3) is 0 Å². The van der Waals surface area contributed by atoms with Crippen LogP contribution in [-0.2, 0) is 10.0 Å². The number of benzene rings is 1. The van der Waals surface area contributed by atoms with Gasteiger partial charge in [-0.1, -0.05) is 90.2 Å². The van der Waals surface area contributed by atoms with Gasteiger partial charge in [-0.2, -0.15) is 4.31 Å². The van der Waals surface area contributed by atoms with E-state index in [-0.39, 0.29) is 10.6 Å². The lowest BCUT2D eigenvalue weighted by molar-refractivity contribution is -0.387. The third-order valence-corrected chi connectivity index (χ3v) is 7.15. The molecule has 0 aromatic heterocycles. The number of rotatable bonds is 17. The van der Waals surface area contributed by atoms with Crippen molar-refractivity contribution in [1.29, 1.82) is 0 Å². The molecule has 0 N–H and O–H groups in total. The van der Waals surface area contributed by atoms with E-state index in [0.717, 1.165) is 38.5 Å². The molecule has 0 aliphatic carbocycles. The molecule has 0 aliphatic heterocycles. The van der Waals surface area contributed by atoms with Crippen LogP contribution in [0.4, 0.5) is 5.69 Å². The monoisotopic (exact) mass is 426 g/mol. The Bertz CT molecular complexity index is 676. The zero-order valence-electron chi connectivity index (χ0n) is 18.1. The van der Waals surface area contributed by atoms with Crippen LogP contribution in [0, 0.1) is 10.1 Å². The lowest BCUT2D eigenvalue weighted by Crippen LogP contribution is -2.33. The predicted octanol–water partition coefficient (Wildman–Crippen LogP) is 6.31. The number of hydrogen-bond acceptors (Lipinski definition) is 4. The molecule has 7 heteroatoms. The van der Waals surface area contributed by atoms with Crippen molar-refractivity contribution in [3.8, 4) is 0 Å². The molecule has 0 amide bonds. The van der Waals surface area contributed by atoms with Crippen molar-refractivity contribution < 1.29 is 13.3 Å². The maximum atomic E-state index is 13.2. The number of nitro groups is 1. The van der Waals surface area contributed by atoms with Gasteiger partial charge in [-0.05, 0) is 18.9 Å². The molecule has 0 radical (unpaired) electrons. The highest BCUT2D eigenvalue weighted by molar-refractivity contribution is 7.89. The van der Waals surface area contributed by atoms with Gasteiger partial charge in [0.2, 0.25) is 10.0 Å². The zero-order valence-corrected chi connectivity index (χ0v) is 19.0. The fourth-order valence-corrected chi connectivity index (χ4v) is 5.13. The van der Waals surface area contributed by atoms with Gasteiger partial charge in [-0.25, -0.2) is 8.42 Å². The molecule has 0 aliphatic rings. The molecular formula is C22H38N2O4S. The van der Waals surface area contributed by atoms with Crippen molar-refractivity contribution in [1.82, 2.24) is 4.31 Å². The van der Waals surface area contributed by atoms with Gasteiger partial charge in [0.1, 0.15) is 0 Å². The van der Waals surface area contributed by atoms with Crippen LogP contribution in [-0.4, -0.2) is 30.7 Å². The molecule has 1 rings (SSSR count). The van der Waals surface area contributed by atoms with E-state index >= 15 is 0 Å². The van der Waals surface area contributed by atoms with E-state index in [9.17, 15) is 18.5 Å². The third-order valence-electron chi connectivity index (χ3n) is 5.20. The molecule has 0 heterocycles. The van der Waals surface area contributed by atoms with Crippen LogP contribution in [0.5, 0.6) is 0 Å². The smallest absolute Gasteiger partial charge is 0.258 e. The first-order chi connectivity index (χ1) is 13.9. The second-order valence-electron chi connectivity index (χ2n) is 7.66. The van der Waals surface area contributed by atoms with E-state index in [1.165, 1.54) is 61.0 Å². The Morgan fingerprint density at radius 2 is 1.24 bits per heavy atom. The van der Waals surface area contributed by atoms with E-state index < -0.39 is 14.9 Å². The minimum Gasteiger partial charge on any atom is -0.258 e. The maximum Gasteiger partial charge on any atom is 0.289 e. The molecular weight excluding hydrogens is 388 g/mol. The normalized spacial score (nSPS) is 11.8. The summed E-state index contributed by atoms with van der Waals surface area (Å²) in [5.41, 5.74) is -0.344. The summed E-state index contributed by atoms with van der Waals surface area (Å²) in [5.74, 6) is 0. The van der Waals surface area contributed by atoms with Gasteiger partial charge >= 0.3 is 0 Å². The Labute approximate surface area is 176 Å². The molecule has 0 saturated heterocycles. The Morgan fingerprint density at radius 1 is 0.793 bits per heavy atom. The molecule has 0 atom stereocenters. The standard InChI is InChI=1S/C22H38N2O4S/c1-3-5-7-9-11-15-19-23(20-16-12-10-8-6-4-2)29(27,28)22-18-14-13-17-21(22)24(25)26/h13-14,17-18H,3-12,15-16,19-20H2,1-2H3. The largest absolute Gasteiger partial charge is 0.289 e. The van der Waals surface area contributed by atoms with Crippen molar-refractivity contribution >= 4 is 15.7 Å². The Balaban J connectivity index is 2.80. The van der Waals surface area contributed by atoms with Gasteiger partial charge in [-0.3, -0.25) is 10.1 Å². The number of unbranched alkanes of at least 4 members (excludes halogenated alkanes) is 10. The van der Waals surface area contributed by atoms with E-state index in [4.69, 9.17) is 0 Å². The Hall–Kier alpha value is -1.47. The topological polar surface area (TPSA) is 80.5 Å². The first kappa shape index (κ1) is 25.6. The van der Waals surface area contributed by atoms with E-state index in [0.29, 0.717) is 13.1 Å². The van der Waals surface area contributed by atoms with Crippen LogP contribution in [0.1, 0.15) is 90.9 Å². The van der Waals surface area contributed by atoms with Crippen LogP contribution >= 0.6 is 0 Å². The molecule has 0 unspecified atom stereocenters. The van der Waals surface area contributed by atoms with E-state index in [1.807, 2.05) is 0 Å². The Morgan fingerprint density at radius 3 is 1.72 bits per heavy atom. The lowest BCUT2D eigenvalue weighted by Gasteiger charge is -2.22. The average molecular weight is 427 g/mol. The summed E-state index contributed by atoms with van der Waals surface area (Å²) in [6.07, 6.45) is 12.9. The number of hydrogen-bond donors (Lipinski definition) is 0. The first-order valence-corrected chi connectivity index (χ1v) is 12.6. The number of sulfonamides is 1. The molecule has 1 aromatic rings. The number of nitro benzene ring substituents is 1. The quantitative estimate of drug-likeness (QED) is 0.166. The molecule has 0 spiro atoms. The molecule has 29 heavy (non-hydrogen) atoms. The highest BCUT2D eigenvalue weighted by Crippen LogP contribution is 2.27. The van der Waals surface area contributed by atoms with Crippen molar-refractivity contribution in [2.75, 3.05) is 13.1 Å². The third kappa shape index (κ3) is 9.26. The van der Waals surface area contributed by atoms with E-state index in [1.54, 1.807) is 6.07 Å². The van der Waals surface area contributed by atoms with Crippen molar-refractivity contribution in [2.24, 2.45) is 0 Å². The molecule has 0 fully saturated rings. The van der Waals surface area contributed by atoms with Crippen molar-refractivity contribution in [3.05, 3.63) is 34.4 Å². The van der Waals surface area contributed by atoms with E-state index in [2.05, 4.69) is 13.8 Å². The number of nitrogens with zero attached hydrogens (tertiary/aromatic N) is 2. The van der Waals surface area contributed by atoms with Crippen molar-refractivity contribution in [2.45, 2.75) is 95.8 Å². The van der Waals surface area contributed by atoms with Gasteiger partial charge in [0.05, 0.1) is 4.92 Å². The molecule has 6 nitrogen and oxygen atoms in total.